The first-order chi connectivity index (χ1) is 14.3. The summed E-state index contributed by atoms with van der Waals surface area (Å²) in [6, 6.07) is 5.33. The number of amides is 2. The summed E-state index contributed by atoms with van der Waals surface area (Å²) < 4.78 is 12.3. The minimum absolute atomic E-state index is 0.0856. The van der Waals surface area contributed by atoms with Crippen molar-refractivity contribution in [3.63, 3.8) is 0 Å². The van der Waals surface area contributed by atoms with Gasteiger partial charge in [0.15, 0.2) is 0 Å². The van der Waals surface area contributed by atoms with Gasteiger partial charge < -0.3 is 9.47 Å². The van der Waals surface area contributed by atoms with Gasteiger partial charge in [0, 0.05) is 40.4 Å². The highest BCUT2D eigenvalue weighted by Gasteiger charge is 2.35. The fourth-order valence-electron chi connectivity index (χ4n) is 3.13. The van der Waals surface area contributed by atoms with Crippen molar-refractivity contribution in [3.05, 3.63) is 67.5 Å². The average molecular weight is 415 g/mol. The van der Waals surface area contributed by atoms with Crippen LogP contribution in [0.15, 0.2) is 33.9 Å². The Hall–Kier alpha value is -3.53. The number of fused-ring (bicyclic) bond motifs is 1. The minimum atomic E-state index is -0.746. The van der Waals surface area contributed by atoms with Crippen LogP contribution in [0.2, 0.25) is 0 Å². The first-order valence-electron chi connectivity index (χ1n) is 9.18. The number of carbonyl (C=O) groups excluding carboxylic acids is 3. The molecule has 0 spiro atoms. The van der Waals surface area contributed by atoms with E-state index in [0.29, 0.717) is 13.0 Å². The molecule has 0 unspecified atom stereocenters. The molecule has 0 saturated heterocycles. The average Bonchev–Trinajstić information content (AvgIpc) is 2.98. The van der Waals surface area contributed by atoms with Crippen LogP contribution in [0.5, 0.6) is 0 Å². The zero-order valence-electron chi connectivity index (χ0n) is 16.8. The van der Waals surface area contributed by atoms with Crippen LogP contribution in [0.4, 0.5) is 0 Å². The molecule has 158 valence electrons. The molecule has 0 saturated carbocycles. The van der Waals surface area contributed by atoms with Gasteiger partial charge in [0.1, 0.15) is 6.61 Å². The van der Waals surface area contributed by atoms with E-state index in [-0.39, 0.29) is 35.5 Å². The maximum Gasteiger partial charge on any atom is 0.338 e. The normalized spacial score (nSPS) is 13.0. The van der Waals surface area contributed by atoms with Gasteiger partial charge in [-0.3, -0.25) is 28.4 Å². The number of nitrogens with zero attached hydrogens (tertiary/aromatic N) is 3. The highest BCUT2D eigenvalue weighted by atomic mass is 16.5. The second-order valence-corrected chi connectivity index (χ2v) is 6.82. The predicted octanol–water partition coefficient (Wildman–Crippen LogP) is 0.0735. The molecule has 0 radical (unpaired) electrons. The number of rotatable bonds is 7. The van der Waals surface area contributed by atoms with Crippen molar-refractivity contribution in [2.45, 2.75) is 13.0 Å². The molecule has 1 aromatic carbocycles. The smallest absolute Gasteiger partial charge is 0.338 e. The number of ether oxygens (including phenoxy) is 2. The largest absolute Gasteiger partial charge is 0.456 e. The molecule has 1 aliphatic rings. The Labute approximate surface area is 171 Å². The molecule has 2 heterocycles. The van der Waals surface area contributed by atoms with Gasteiger partial charge in [0.2, 0.25) is 0 Å². The first kappa shape index (κ1) is 21.2. The van der Waals surface area contributed by atoms with Crippen LogP contribution in [-0.2, 0) is 30.2 Å². The number of aromatic nitrogens is 2. The van der Waals surface area contributed by atoms with Crippen LogP contribution in [0.1, 0.15) is 43.2 Å². The minimum Gasteiger partial charge on any atom is -0.456 e. The topological polar surface area (TPSA) is 117 Å². The van der Waals surface area contributed by atoms with E-state index in [1.807, 2.05) is 0 Å². The molecular formula is C20H21N3O7. The molecule has 1 aromatic heterocycles. The molecule has 3 rings (SSSR count). The van der Waals surface area contributed by atoms with Crippen molar-refractivity contribution < 1.29 is 23.9 Å². The molecule has 0 N–H and O–H groups in total. The summed E-state index contributed by atoms with van der Waals surface area (Å²) in [5, 5.41) is 0. The monoisotopic (exact) mass is 415 g/mol. The lowest BCUT2D eigenvalue weighted by Gasteiger charge is -2.12. The Kier molecular flexibility index (Phi) is 5.97. The Morgan fingerprint density at radius 3 is 2.37 bits per heavy atom. The SMILES string of the molecule is COCCCN1C(=O)c2ccc(C(=O)OCc3cc(=O)n(C)c(=O)n3C)cc2C1=O. The van der Waals surface area contributed by atoms with Crippen LogP contribution < -0.4 is 11.2 Å². The highest BCUT2D eigenvalue weighted by Crippen LogP contribution is 2.24. The zero-order valence-corrected chi connectivity index (χ0v) is 16.8. The first-order valence-corrected chi connectivity index (χ1v) is 9.18. The van der Waals surface area contributed by atoms with Gasteiger partial charge >= 0.3 is 11.7 Å². The number of hydrogen-bond acceptors (Lipinski definition) is 7. The maximum absolute atomic E-state index is 12.5. The van der Waals surface area contributed by atoms with Gasteiger partial charge in [-0.15, -0.1) is 0 Å². The lowest BCUT2D eigenvalue weighted by Crippen LogP contribution is -2.38. The molecule has 30 heavy (non-hydrogen) atoms. The van der Waals surface area contributed by atoms with Crippen LogP contribution in [0.3, 0.4) is 0 Å². The lowest BCUT2D eigenvalue weighted by atomic mass is 10.1. The van der Waals surface area contributed by atoms with Gasteiger partial charge in [-0.1, -0.05) is 0 Å². The van der Waals surface area contributed by atoms with Crippen molar-refractivity contribution in [1.82, 2.24) is 14.0 Å². The number of imide groups is 1. The molecule has 0 bridgehead atoms. The van der Waals surface area contributed by atoms with Crippen LogP contribution in [0, 0.1) is 0 Å². The fraction of sp³-hybridized carbons (Fsp3) is 0.350. The number of carbonyl (C=O) groups is 3. The molecule has 10 heteroatoms. The summed E-state index contributed by atoms with van der Waals surface area (Å²) >= 11 is 0. The number of benzene rings is 1. The molecule has 0 atom stereocenters. The Balaban J connectivity index is 1.76. The van der Waals surface area contributed by atoms with E-state index in [1.54, 1.807) is 0 Å². The predicted molar refractivity (Wildman–Crippen MR) is 104 cm³/mol. The molecule has 10 nitrogen and oxygen atoms in total. The Morgan fingerprint density at radius 2 is 1.67 bits per heavy atom. The van der Waals surface area contributed by atoms with Gasteiger partial charge in [-0.05, 0) is 24.6 Å². The summed E-state index contributed by atoms with van der Waals surface area (Å²) in [4.78, 5) is 62.2. The second-order valence-electron chi connectivity index (χ2n) is 6.82. The van der Waals surface area contributed by atoms with E-state index in [0.717, 1.165) is 9.47 Å². The van der Waals surface area contributed by atoms with Gasteiger partial charge in [0.25, 0.3) is 17.4 Å². The fourth-order valence-corrected chi connectivity index (χ4v) is 3.13. The third kappa shape index (κ3) is 3.81. The molecular weight excluding hydrogens is 394 g/mol. The second kappa shape index (κ2) is 8.46. The third-order valence-corrected chi connectivity index (χ3v) is 4.91. The van der Waals surface area contributed by atoms with E-state index in [2.05, 4.69) is 0 Å². The van der Waals surface area contributed by atoms with Gasteiger partial charge in [0.05, 0.1) is 22.4 Å². The summed E-state index contributed by atoms with van der Waals surface area (Å²) in [5.74, 6) is -1.64. The van der Waals surface area contributed by atoms with Crippen molar-refractivity contribution in [1.29, 1.82) is 0 Å². The van der Waals surface area contributed by atoms with E-state index in [4.69, 9.17) is 9.47 Å². The van der Waals surface area contributed by atoms with E-state index in [9.17, 15) is 24.0 Å². The van der Waals surface area contributed by atoms with Crippen molar-refractivity contribution >= 4 is 17.8 Å². The lowest BCUT2D eigenvalue weighted by molar-refractivity contribution is 0.0462. The number of hydrogen-bond donors (Lipinski definition) is 0. The summed E-state index contributed by atoms with van der Waals surface area (Å²) in [6.07, 6.45) is 0.506. The van der Waals surface area contributed by atoms with Crippen molar-refractivity contribution in [2.24, 2.45) is 14.1 Å². The quantitative estimate of drug-likeness (QED) is 0.357. The highest BCUT2D eigenvalue weighted by molar-refractivity contribution is 6.21. The van der Waals surface area contributed by atoms with Gasteiger partial charge in [-0.25, -0.2) is 9.59 Å². The van der Waals surface area contributed by atoms with Crippen LogP contribution in [0.25, 0.3) is 0 Å². The van der Waals surface area contributed by atoms with Crippen LogP contribution >= 0.6 is 0 Å². The van der Waals surface area contributed by atoms with Gasteiger partial charge in [-0.2, -0.15) is 0 Å². The zero-order chi connectivity index (χ0) is 22.0. The summed E-state index contributed by atoms with van der Waals surface area (Å²) in [6.45, 7) is 0.334. The molecule has 0 aliphatic carbocycles. The van der Waals surface area contributed by atoms with E-state index >= 15 is 0 Å². The van der Waals surface area contributed by atoms with E-state index in [1.165, 1.54) is 50.0 Å². The molecule has 1 aliphatic heterocycles. The molecule has 2 aromatic rings. The molecule has 2 amide bonds. The number of methoxy groups -OCH3 is 1. The summed E-state index contributed by atoms with van der Waals surface area (Å²) in [5.41, 5.74) is -0.380. The Bertz CT molecular complexity index is 1150. The third-order valence-electron chi connectivity index (χ3n) is 4.91. The maximum atomic E-state index is 12.5. The molecule has 0 fully saturated rings. The van der Waals surface area contributed by atoms with E-state index < -0.39 is 29.0 Å². The standard InChI is InChI=1S/C20H21N3O7/c1-21-13(10-16(24)22(2)20(21)28)11-30-19(27)12-5-6-14-15(9-12)18(26)23(17(14)25)7-4-8-29-3/h5-6,9-10H,4,7-8,11H2,1-3H3. The number of esters is 1. The van der Waals surface area contributed by atoms with Crippen molar-refractivity contribution in [3.8, 4) is 0 Å². The van der Waals surface area contributed by atoms with Crippen LogP contribution in [-0.4, -0.2) is 52.1 Å². The summed E-state index contributed by atoms with van der Waals surface area (Å²) in [7, 11) is 4.34. The van der Waals surface area contributed by atoms with Crippen molar-refractivity contribution in [2.75, 3.05) is 20.3 Å². The Morgan fingerprint density at radius 1 is 0.967 bits per heavy atom.